The molecule has 94 valence electrons. The minimum Gasteiger partial charge on any atom is -0.423 e. The number of ether oxygens (including phenoxy) is 1. The van der Waals surface area contributed by atoms with Crippen molar-refractivity contribution in [2.24, 2.45) is 0 Å². The molecule has 0 spiro atoms. The Hall–Kier alpha value is -2.36. The van der Waals surface area contributed by atoms with Crippen LogP contribution in [0.1, 0.15) is 12.5 Å². The normalized spacial score (nSPS) is 10.1. The molecular weight excluding hydrogens is 230 g/mol. The summed E-state index contributed by atoms with van der Waals surface area (Å²) in [7, 11) is 1.56. The van der Waals surface area contributed by atoms with Crippen LogP contribution in [0.4, 0.5) is 0 Å². The van der Waals surface area contributed by atoms with Crippen molar-refractivity contribution in [2.75, 3.05) is 7.05 Å². The van der Waals surface area contributed by atoms with E-state index in [1.165, 1.54) is 6.08 Å². The second-order valence-corrected chi connectivity index (χ2v) is 3.69. The Morgan fingerprint density at radius 1 is 1.28 bits per heavy atom. The zero-order chi connectivity index (χ0) is 13.5. The third kappa shape index (κ3) is 4.25. The predicted octanol–water partition coefficient (Wildman–Crippen LogP) is 1.93. The number of amides is 1. The third-order valence-electron chi connectivity index (χ3n) is 2.11. The summed E-state index contributed by atoms with van der Waals surface area (Å²) in [6, 6.07) is 6.82. The molecule has 18 heavy (non-hydrogen) atoms. The van der Waals surface area contributed by atoms with Gasteiger partial charge >= 0.3 is 5.97 Å². The van der Waals surface area contributed by atoms with Gasteiger partial charge in [-0.05, 0) is 30.7 Å². The maximum absolute atomic E-state index is 11.3. The first kappa shape index (κ1) is 13.7. The molecule has 0 radical (unpaired) electrons. The second-order valence-electron chi connectivity index (χ2n) is 3.69. The maximum Gasteiger partial charge on any atom is 0.338 e. The molecule has 0 bridgehead atoms. The number of likely N-dealkylation sites (N-methyl/N-ethyl adjacent to an activating group) is 1. The Bertz CT molecular complexity index is 486. The van der Waals surface area contributed by atoms with Crippen molar-refractivity contribution in [3.05, 3.63) is 48.1 Å². The lowest BCUT2D eigenvalue weighted by atomic mass is 10.2. The fourth-order valence-corrected chi connectivity index (χ4v) is 1.10. The Morgan fingerprint density at radius 2 is 1.89 bits per heavy atom. The van der Waals surface area contributed by atoms with E-state index >= 15 is 0 Å². The summed E-state index contributed by atoms with van der Waals surface area (Å²) < 4.78 is 5.04. The number of esters is 1. The first-order valence-electron chi connectivity index (χ1n) is 5.40. The molecule has 0 unspecified atom stereocenters. The zero-order valence-electron chi connectivity index (χ0n) is 10.4. The van der Waals surface area contributed by atoms with Crippen LogP contribution in [0.3, 0.4) is 0 Å². The van der Waals surface area contributed by atoms with Crippen LogP contribution in [0.2, 0.25) is 0 Å². The Labute approximate surface area is 106 Å². The highest BCUT2D eigenvalue weighted by Crippen LogP contribution is 2.14. The zero-order valence-corrected chi connectivity index (χ0v) is 10.4. The quantitative estimate of drug-likeness (QED) is 0.501. The van der Waals surface area contributed by atoms with Gasteiger partial charge in [0.1, 0.15) is 5.75 Å². The van der Waals surface area contributed by atoms with Gasteiger partial charge in [0, 0.05) is 18.7 Å². The van der Waals surface area contributed by atoms with Crippen LogP contribution >= 0.6 is 0 Å². The van der Waals surface area contributed by atoms with E-state index in [0.29, 0.717) is 11.3 Å². The summed E-state index contributed by atoms with van der Waals surface area (Å²) in [6.07, 6.45) is 3.10. The van der Waals surface area contributed by atoms with Gasteiger partial charge in [-0.3, -0.25) is 4.79 Å². The van der Waals surface area contributed by atoms with Crippen molar-refractivity contribution < 1.29 is 14.3 Å². The highest BCUT2D eigenvalue weighted by Gasteiger charge is 2.04. The van der Waals surface area contributed by atoms with Gasteiger partial charge in [0.15, 0.2) is 0 Å². The van der Waals surface area contributed by atoms with Gasteiger partial charge in [-0.2, -0.15) is 0 Å². The molecule has 1 aromatic rings. The lowest BCUT2D eigenvalue weighted by molar-refractivity contribution is -0.130. The summed E-state index contributed by atoms with van der Waals surface area (Å²) >= 11 is 0. The van der Waals surface area contributed by atoms with E-state index in [-0.39, 0.29) is 5.91 Å². The highest BCUT2D eigenvalue weighted by molar-refractivity contribution is 5.91. The monoisotopic (exact) mass is 245 g/mol. The predicted molar refractivity (Wildman–Crippen MR) is 70.0 cm³/mol. The molecule has 0 aliphatic carbocycles. The van der Waals surface area contributed by atoms with Crippen LogP contribution in [-0.4, -0.2) is 18.9 Å². The van der Waals surface area contributed by atoms with Gasteiger partial charge in [-0.15, -0.1) is 0 Å². The first-order valence-corrected chi connectivity index (χ1v) is 5.40. The molecule has 0 saturated heterocycles. The molecule has 0 aliphatic rings. The smallest absolute Gasteiger partial charge is 0.338 e. The van der Waals surface area contributed by atoms with E-state index in [1.54, 1.807) is 44.3 Å². The van der Waals surface area contributed by atoms with Gasteiger partial charge in [0.05, 0.1) is 0 Å². The molecule has 1 aromatic carbocycles. The molecule has 4 heteroatoms. The number of benzene rings is 1. The van der Waals surface area contributed by atoms with Crippen LogP contribution < -0.4 is 10.1 Å². The van der Waals surface area contributed by atoms with E-state index in [2.05, 4.69) is 11.9 Å². The molecule has 0 saturated carbocycles. The van der Waals surface area contributed by atoms with Crippen LogP contribution in [-0.2, 0) is 9.59 Å². The molecule has 0 aliphatic heterocycles. The standard InChI is InChI=1S/C14H15NO3/c1-10(2)14(17)18-12-7-4-11(5-8-12)6-9-13(16)15-3/h4-9H,1H2,2-3H3,(H,15,16). The number of carbonyl (C=O) groups is 2. The number of nitrogens with one attached hydrogen (secondary N) is 1. The van der Waals surface area contributed by atoms with Crippen LogP contribution in [0.5, 0.6) is 5.75 Å². The Kier molecular flexibility index (Phi) is 4.87. The van der Waals surface area contributed by atoms with Crippen molar-refractivity contribution in [3.63, 3.8) is 0 Å². The van der Waals surface area contributed by atoms with Crippen molar-refractivity contribution in [3.8, 4) is 5.75 Å². The summed E-state index contributed by atoms with van der Waals surface area (Å²) in [5, 5.41) is 2.48. The van der Waals surface area contributed by atoms with E-state index in [1.807, 2.05) is 0 Å². The fraction of sp³-hybridized carbons (Fsp3) is 0.143. The molecule has 0 heterocycles. The van der Waals surface area contributed by atoms with Crippen molar-refractivity contribution >= 4 is 18.0 Å². The maximum atomic E-state index is 11.3. The number of rotatable bonds is 4. The molecule has 0 fully saturated rings. The molecule has 0 aromatic heterocycles. The first-order chi connectivity index (χ1) is 8.52. The summed E-state index contributed by atoms with van der Waals surface area (Å²) in [5.74, 6) is -0.184. The van der Waals surface area contributed by atoms with Gasteiger partial charge in [0.2, 0.25) is 5.91 Å². The molecule has 1 rings (SSSR count). The lowest BCUT2D eigenvalue weighted by Gasteiger charge is -2.03. The lowest BCUT2D eigenvalue weighted by Crippen LogP contribution is -2.13. The third-order valence-corrected chi connectivity index (χ3v) is 2.11. The van der Waals surface area contributed by atoms with E-state index in [0.717, 1.165) is 5.56 Å². The average Bonchev–Trinajstić information content (AvgIpc) is 2.37. The number of hydrogen-bond donors (Lipinski definition) is 1. The topological polar surface area (TPSA) is 55.4 Å². The number of hydrogen-bond acceptors (Lipinski definition) is 3. The summed E-state index contributed by atoms with van der Waals surface area (Å²) in [4.78, 5) is 22.3. The van der Waals surface area contributed by atoms with Gasteiger partial charge in [0.25, 0.3) is 0 Å². The molecule has 4 nitrogen and oxygen atoms in total. The van der Waals surface area contributed by atoms with E-state index in [9.17, 15) is 9.59 Å². The molecule has 1 amide bonds. The van der Waals surface area contributed by atoms with Gasteiger partial charge < -0.3 is 10.1 Å². The number of carbonyl (C=O) groups excluding carboxylic acids is 2. The molecular formula is C14H15NO3. The largest absolute Gasteiger partial charge is 0.423 e. The molecule has 0 atom stereocenters. The Balaban J connectivity index is 2.68. The summed E-state index contributed by atoms with van der Waals surface area (Å²) in [6.45, 7) is 5.08. The van der Waals surface area contributed by atoms with Crippen molar-refractivity contribution in [2.45, 2.75) is 6.92 Å². The van der Waals surface area contributed by atoms with Crippen LogP contribution in [0.25, 0.3) is 6.08 Å². The van der Waals surface area contributed by atoms with Gasteiger partial charge in [-0.1, -0.05) is 18.7 Å². The minimum atomic E-state index is -0.455. The van der Waals surface area contributed by atoms with E-state index < -0.39 is 5.97 Å². The van der Waals surface area contributed by atoms with Crippen molar-refractivity contribution in [1.82, 2.24) is 5.32 Å². The highest BCUT2D eigenvalue weighted by atomic mass is 16.5. The summed E-state index contributed by atoms with van der Waals surface area (Å²) in [5.41, 5.74) is 1.19. The SMILES string of the molecule is C=C(C)C(=O)Oc1ccc(C=CC(=O)NC)cc1. The average molecular weight is 245 g/mol. The van der Waals surface area contributed by atoms with E-state index in [4.69, 9.17) is 4.74 Å². The minimum absolute atomic E-state index is 0.173. The van der Waals surface area contributed by atoms with Crippen LogP contribution in [0.15, 0.2) is 42.5 Å². The Morgan fingerprint density at radius 3 is 2.39 bits per heavy atom. The molecule has 1 N–H and O–H groups in total. The second kappa shape index (κ2) is 6.39. The van der Waals surface area contributed by atoms with Crippen molar-refractivity contribution in [1.29, 1.82) is 0 Å². The van der Waals surface area contributed by atoms with Crippen LogP contribution in [0, 0.1) is 0 Å². The fourth-order valence-electron chi connectivity index (χ4n) is 1.10. The van der Waals surface area contributed by atoms with Gasteiger partial charge in [-0.25, -0.2) is 4.79 Å².